The Bertz CT molecular complexity index is 1750. The van der Waals surface area contributed by atoms with E-state index in [0.717, 1.165) is 44.8 Å². The van der Waals surface area contributed by atoms with Crippen molar-refractivity contribution in [2.24, 2.45) is 0 Å². The largest absolute Gasteiger partial charge is 0.352 e. The van der Waals surface area contributed by atoms with Crippen molar-refractivity contribution in [2.45, 2.75) is 32.4 Å². The number of carbonyl (C=O) groups excluding carboxylic acids is 1. The summed E-state index contributed by atoms with van der Waals surface area (Å²) in [5.74, 6) is -0.375. The van der Waals surface area contributed by atoms with Gasteiger partial charge in [0.25, 0.3) is 0 Å². The third-order valence-electron chi connectivity index (χ3n) is 7.70. The molecule has 8 heteroatoms. The Balaban J connectivity index is 1.31. The van der Waals surface area contributed by atoms with Crippen LogP contribution in [0.15, 0.2) is 97.2 Å². The van der Waals surface area contributed by atoms with Crippen molar-refractivity contribution < 1.29 is 9.18 Å². The number of hydrogen-bond donors (Lipinski definition) is 2. The highest BCUT2D eigenvalue weighted by Crippen LogP contribution is 2.41. The van der Waals surface area contributed by atoms with Crippen LogP contribution in [0.3, 0.4) is 0 Å². The van der Waals surface area contributed by atoms with Crippen molar-refractivity contribution in [3.8, 4) is 5.69 Å². The van der Waals surface area contributed by atoms with Gasteiger partial charge in [0.15, 0.2) is 5.11 Å². The Labute approximate surface area is 243 Å². The molecule has 0 radical (unpaired) electrons. The van der Waals surface area contributed by atoms with E-state index in [1.54, 1.807) is 12.3 Å². The normalized spacial score (nSPS) is 16.7. The summed E-state index contributed by atoms with van der Waals surface area (Å²) in [6.45, 7) is 4.47. The Hall–Kier alpha value is -4.56. The van der Waals surface area contributed by atoms with Gasteiger partial charge in [-0.15, -0.1) is 0 Å². The first-order chi connectivity index (χ1) is 19.9. The van der Waals surface area contributed by atoms with Gasteiger partial charge in [-0.3, -0.25) is 9.78 Å². The lowest BCUT2D eigenvalue weighted by Crippen LogP contribution is -2.33. The average Bonchev–Trinajstić information content (AvgIpc) is 3.46. The predicted molar refractivity (Wildman–Crippen MR) is 165 cm³/mol. The smallest absolute Gasteiger partial charge is 0.226 e. The molecule has 1 saturated heterocycles. The van der Waals surface area contributed by atoms with E-state index in [1.165, 1.54) is 12.1 Å². The van der Waals surface area contributed by atoms with E-state index < -0.39 is 0 Å². The number of nitrogens with zero attached hydrogens (tertiary/aromatic N) is 3. The molecule has 0 aliphatic carbocycles. The van der Waals surface area contributed by atoms with E-state index >= 15 is 0 Å². The number of nitrogens with one attached hydrogen (secondary N) is 2. The predicted octanol–water partition coefficient (Wildman–Crippen LogP) is 6.78. The summed E-state index contributed by atoms with van der Waals surface area (Å²) in [4.78, 5) is 19.9. The maximum Gasteiger partial charge on any atom is 0.226 e. The molecule has 0 spiro atoms. The molecule has 206 valence electrons. The summed E-state index contributed by atoms with van der Waals surface area (Å²) in [5.41, 5.74) is 5.42. The maximum absolute atomic E-state index is 14.1. The third kappa shape index (κ3) is 5.18. The number of aromatic nitrogens is 2. The molecule has 6 rings (SSSR count). The first kappa shape index (κ1) is 26.7. The molecular formula is C33H30FN5OS. The van der Waals surface area contributed by atoms with Crippen molar-refractivity contribution in [3.63, 3.8) is 0 Å². The minimum atomic E-state index is -0.287. The van der Waals surface area contributed by atoms with E-state index in [9.17, 15) is 9.18 Å². The summed E-state index contributed by atoms with van der Waals surface area (Å²) in [6.07, 6.45) is 2.02. The molecule has 0 bridgehead atoms. The van der Waals surface area contributed by atoms with Gasteiger partial charge in [0, 0.05) is 47.3 Å². The van der Waals surface area contributed by atoms with Crippen LogP contribution in [-0.2, 0) is 4.79 Å². The molecule has 2 unspecified atom stereocenters. The maximum atomic E-state index is 14.1. The first-order valence-corrected chi connectivity index (χ1v) is 14.0. The number of pyridine rings is 1. The van der Waals surface area contributed by atoms with E-state index in [0.29, 0.717) is 11.7 Å². The summed E-state index contributed by atoms with van der Waals surface area (Å²) in [6, 6.07) is 28.0. The molecule has 3 heterocycles. The van der Waals surface area contributed by atoms with E-state index in [2.05, 4.69) is 31.2 Å². The average molecular weight is 564 g/mol. The minimum Gasteiger partial charge on any atom is -0.352 e. The highest BCUT2D eigenvalue weighted by atomic mass is 32.1. The summed E-state index contributed by atoms with van der Waals surface area (Å²) in [5, 5.41) is 9.20. The van der Waals surface area contributed by atoms with Crippen LogP contribution in [0.5, 0.6) is 0 Å². The molecule has 1 aliphatic heterocycles. The molecule has 2 N–H and O–H groups in total. The van der Waals surface area contributed by atoms with Crippen molar-refractivity contribution in [1.29, 1.82) is 0 Å². The van der Waals surface area contributed by atoms with Gasteiger partial charge < -0.3 is 20.1 Å². The molecule has 41 heavy (non-hydrogen) atoms. The molecule has 2 atom stereocenters. The van der Waals surface area contributed by atoms with Crippen molar-refractivity contribution >= 4 is 39.7 Å². The van der Waals surface area contributed by atoms with Gasteiger partial charge >= 0.3 is 0 Å². The van der Waals surface area contributed by atoms with E-state index in [1.807, 2.05) is 80.6 Å². The molecule has 1 amide bonds. The number of aryl methyl sites for hydroxylation is 1. The van der Waals surface area contributed by atoms with Crippen LogP contribution in [0.1, 0.15) is 41.1 Å². The Morgan fingerprint density at radius 1 is 1.00 bits per heavy atom. The standard InChI is InChI=1S/C33H30FN5OS/c1-21-19-27(22(2)39(21)25-12-8-11-24(34)20-25)32-31(29-14-5-6-17-35-29)37-33(41)38(32)18-16-30(40)36-28-15-7-10-23-9-3-4-13-26(23)28/h3-15,17,19-20,31-32H,16,18H2,1-2H3,(H,36,40)(H,37,41). The zero-order valence-electron chi connectivity index (χ0n) is 22.8. The molecule has 1 fully saturated rings. The third-order valence-corrected chi connectivity index (χ3v) is 8.05. The zero-order chi connectivity index (χ0) is 28.5. The monoisotopic (exact) mass is 563 g/mol. The fraction of sp³-hybridized carbons (Fsp3) is 0.182. The molecule has 5 aromatic rings. The molecule has 6 nitrogen and oxygen atoms in total. The molecule has 2 aromatic heterocycles. The number of rotatable bonds is 7. The van der Waals surface area contributed by atoms with E-state index in [-0.39, 0.29) is 30.2 Å². The van der Waals surface area contributed by atoms with Crippen molar-refractivity contribution in [1.82, 2.24) is 19.8 Å². The highest BCUT2D eigenvalue weighted by molar-refractivity contribution is 7.80. The minimum absolute atomic E-state index is 0.0885. The lowest BCUT2D eigenvalue weighted by Gasteiger charge is -2.28. The van der Waals surface area contributed by atoms with Crippen molar-refractivity contribution in [2.75, 3.05) is 11.9 Å². The van der Waals surface area contributed by atoms with Crippen LogP contribution in [0.25, 0.3) is 16.5 Å². The van der Waals surface area contributed by atoms with Crippen LogP contribution >= 0.6 is 12.2 Å². The second-order valence-electron chi connectivity index (χ2n) is 10.3. The quantitative estimate of drug-likeness (QED) is 0.214. The van der Waals surface area contributed by atoms with Crippen LogP contribution < -0.4 is 10.6 Å². The Kier molecular flexibility index (Phi) is 7.24. The number of fused-ring (bicyclic) bond motifs is 1. The number of anilines is 1. The van der Waals surface area contributed by atoms with Crippen LogP contribution in [-0.4, -0.2) is 32.0 Å². The molecule has 1 aliphatic rings. The van der Waals surface area contributed by atoms with Crippen LogP contribution in [0.4, 0.5) is 10.1 Å². The number of carbonyl (C=O) groups is 1. The molecule has 0 saturated carbocycles. The van der Waals surface area contributed by atoms with Gasteiger partial charge in [-0.2, -0.15) is 0 Å². The summed E-state index contributed by atoms with van der Waals surface area (Å²) >= 11 is 5.83. The van der Waals surface area contributed by atoms with Crippen LogP contribution in [0, 0.1) is 19.7 Å². The number of benzene rings is 3. The fourth-order valence-corrected chi connectivity index (χ4v) is 6.19. The SMILES string of the molecule is Cc1cc(C2C(c3ccccn3)NC(=S)N2CCC(=O)Nc2cccc3ccccc23)c(C)n1-c1cccc(F)c1. The number of halogens is 1. The van der Waals surface area contributed by atoms with Gasteiger partial charge in [0.1, 0.15) is 5.82 Å². The number of thiocarbonyl (C=S) groups is 1. The van der Waals surface area contributed by atoms with Gasteiger partial charge in [-0.25, -0.2) is 4.39 Å². The van der Waals surface area contributed by atoms with Gasteiger partial charge in [0.2, 0.25) is 5.91 Å². The lowest BCUT2D eigenvalue weighted by atomic mass is 9.96. The molecular weight excluding hydrogens is 533 g/mol. The second kappa shape index (κ2) is 11.1. The zero-order valence-corrected chi connectivity index (χ0v) is 23.7. The Morgan fingerprint density at radius 2 is 1.78 bits per heavy atom. The fourth-order valence-electron chi connectivity index (χ4n) is 5.85. The Morgan fingerprint density at radius 3 is 2.59 bits per heavy atom. The topological polar surface area (TPSA) is 62.2 Å². The molecule has 3 aromatic carbocycles. The van der Waals surface area contributed by atoms with Gasteiger partial charge in [-0.1, -0.05) is 48.5 Å². The number of amides is 1. The van der Waals surface area contributed by atoms with Gasteiger partial charge in [0.05, 0.1) is 17.8 Å². The highest BCUT2D eigenvalue weighted by Gasteiger charge is 2.41. The van der Waals surface area contributed by atoms with E-state index in [4.69, 9.17) is 12.2 Å². The summed E-state index contributed by atoms with van der Waals surface area (Å²) in [7, 11) is 0. The number of hydrogen-bond acceptors (Lipinski definition) is 3. The second-order valence-corrected chi connectivity index (χ2v) is 10.7. The van der Waals surface area contributed by atoms with Crippen molar-refractivity contribution in [3.05, 3.63) is 126 Å². The lowest BCUT2D eigenvalue weighted by molar-refractivity contribution is -0.116. The summed E-state index contributed by atoms with van der Waals surface area (Å²) < 4.78 is 16.2. The first-order valence-electron chi connectivity index (χ1n) is 13.6. The van der Waals surface area contributed by atoms with Gasteiger partial charge in [-0.05, 0) is 79.5 Å². The van der Waals surface area contributed by atoms with Crippen LogP contribution in [0.2, 0.25) is 0 Å².